The molecule has 1 aliphatic rings. The lowest BCUT2D eigenvalue weighted by Gasteiger charge is -2.31. The molecular weight excluding hydrogens is 314 g/mol. The van der Waals surface area contributed by atoms with Crippen molar-refractivity contribution in [3.05, 3.63) is 45.9 Å². The standard InChI is InChI=1S/C15H17N5O4/c1-24-15(21)11-8-13(20(22)23)14(16-9-11)19-6-3-10(4-7-19)12-2-5-17-18-12/h2,5,8-10H,3-4,6-7H2,1H3,(H,17,18). The van der Waals surface area contributed by atoms with Gasteiger partial charge >= 0.3 is 11.7 Å². The van der Waals surface area contributed by atoms with Gasteiger partial charge in [-0.15, -0.1) is 0 Å². The molecule has 1 aliphatic heterocycles. The number of nitrogens with one attached hydrogen (secondary N) is 1. The number of nitrogens with zero attached hydrogens (tertiary/aromatic N) is 4. The van der Waals surface area contributed by atoms with E-state index in [9.17, 15) is 14.9 Å². The minimum Gasteiger partial charge on any atom is -0.465 e. The van der Waals surface area contributed by atoms with Gasteiger partial charge in [0.25, 0.3) is 0 Å². The molecule has 1 saturated heterocycles. The Balaban J connectivity index is 1.79. The number of carbonyl (C=O) groups excluding carboxylic acids is 1. The molecule has 3 rings (SSSR count). The Kier molecular flexibility index (Phi) is 4.41. The van der Waals surface area contributed by atoms with E-state index in [1.807, 2.05) is 11.0 Å². The van der Waals surface area contributed by atoms with Gasteiger partial charge < -0.3 is 9.64 Å². The topological polar surface area (TPSA) is 114 Å². The molecule has 9 heteroatoms. The highest BCUT2D eigenvalue weighted by Crippen LogP contribution is 2.33. The molecule has 0 unspecified atom stereocenters. The van der Waals surface area contributed by atoms with Crippen LogP contribution in [0.1, 0.15) is 34.8 Å². The third-order valence-corrected chi connectivity index (χ3v) is 4.22. The van der Waals surface area contributed by atoms with Crippen molar-refractivity contribution >= 4 is 17.5 Å². The van der Waals surface area contributed by atoms with Crippen LogP contribution in [0, 0.1) is 10.1 Å². The van der Waals surface area contributed by atoms with Gasteiger partial charge in [0.05, 0.1) is 17.6 Å². The normalized spacial score (nSPS) is 15.3. The molecular formula is C15H17N5O4. The Bertz CT molecular complexity index is 738. The molecule has 3 heterocycles. The Morgan fingerprint density at radius 1 is 1.46 bits per heavy atom. The first-order valence-corrected chi connectivity index (χ1v) is 7.57. The van der Waals surface area contributed by atoms with Crippen LogP contribution in [0.3, 0.4) is 0 Å². The van der Waals surface area contributed by atoms with Crippen LogP contribution < -0.4 is 4.90 Å². The zero-order valence-electron chi connectivity index (χ0n) is 13.1. The lowest BCUT2D eigenvalue weighted by molar-refractivity contribution is -0.384. The summed E-state index contributed by atoms with van der Waals surface area (Å²) in [6, 6.07) is 3.17. The lowest BCUT2D eigenvalue weighted by atomic mass is 9.93. The molecule has 1 fully saturated rings. The summed E-state index contributed by atoms with van der Waals surface area (Å²) in [7, 11) is 1.22. The van der Waals surface area contributed by atoms with Crippen molar-refractivity contribution < 1.29 is 14.5 Å². The third-order valence-electron chi connectivity index (χ3n) is 4.22. The van der Waals surface area contributed by atoms with E-state index in [0.717, 1.165) is 18.5 Å². The van der Waals surface area contributed by atoms with Crippen LogP contribution in [0.15, 0.2) is 24.5 Å². The molecule has 2 aromatic heterocycles. The number of ether oxygens (including phenoxy) is 1. The fourth-order valence-electron chi connectivity index (χ4n) is 2.95. The summed E-state index contributed by atoms with van der Waals surface area (Å²) < 4.78 is 4.59. The van der Waals surface area contributed by atoms with Crippen LogP contribution in [-0.4, -0.2) is 46.3 Å². The molecule has 0 bridgehead atoms. The van der Waals surface area contributed by atoms with E-state index in [-0.39, 0.29) is 17.1 Å². The number of H-pyrrole nitrogens is 1. The second-order valence-electron chi connectivity index (χ2n) is 5.59. The number of hydrogen-bond acceptors (Lipinski definition) is 7. The van der Waals surface area contributed by atoms with Crippen LogP contribution in [0.4, 0.5) is 11.5 Å². The number of hydrogen-bond donors (Lipinski definition) is 1. The first-order chi connectivity index (χ1) is 11.6. The van der Waals surface area contributed by atoms with Crippen LogP contribution in [0.25, 0.3) is 0 Å². The van der Waals surface area contributed by atoms with E-state index >= 15 is 0 Å². The summed E-state index contributed by atoms with van der Waals surface area (Å²) in [5.41, 5.74) is 0.969. The monoisotopic (exact) mass is 331 g/mol. The number of nitro groups is 1. The van der Waals surface area contributed by atoms with E-state index < -0.39 is 10.9 Å². The molecule has 9 nitrogen and oxygen atoms in total. The van der Waals surface area contributed by atoms with Crippen LogP contribution in [0.2, 0.25) is 0 Å². The fraction of sp³-hybridized carbons (Fsp3) is 0.400. The van der Waals surface area contributed by atoms with E-state index in [0.29, 0.717) is 19.0 Å². The second kappa shape index (κ2) is 6.65. The summed E-state index contributed by atoms with van der Waals surface area (Å²) >= 11 is 0. The maximum absolute atomic E-state index is 11.5. The highest BCUT2D eigenvalue weighted by Gasteiger charge is 2.28. The van der Waals surface area contributed by atoms with Crippen molar-refractivity contribution in [1.29, 1.82) is 0 Å². The van der Waals surface area contributed by atoms with Gasteiger partial charge in [-0.3, -0.25) is 15.2 Å². The lowest BCUT2D eigenvalue weighted by Crippen LogP contribution is -2.34. The van der Waals surface area contributed by atoms with Crippen molar-refractivity contribution in [2.45, 2.75) is 18.8 Å². The summed E-state index contributed by atoms with van der Waals surface area (Å²) in [6.45, 7) is 1.30. The van der Waals surface area contributed by atoms with E-state index in [4.69, 9.17) is 0 Å². The molecule has 0 aromatic carbocycles. The van der Waals surface area contributed by atoms with Crippen molar-refractivity contribution in [2.75, 3.05) is 25.1 Å². The van der Waals surface area contributed by atoms with Gasteiger partial charge in [-0.2, -0.15) is 5.10 Å². The number of piperidine rings is 1. The SMILES string of the molecule is COC(=O)c1cnc(N2CCC(c3ccn[nH]3)CC2)c([N+](=O)[O-])c1. The highest BCUT2D eigenvalue weighted by atomic mass is 16.6. The summed E-state index contributed by atoms with van der Waals surface area (Å²) in [6.07, 6.45) is 4.73. The largest absolute Gasteiger partial charge is 0.465 e. The van der Waals surface area contributed by atoms with Crippen molar-refractivity contribution in [1.82, 2.24) is 15.2 Å². The zero-order valence-corrected chi connectivity index (χ0v) is 13.1. The molecule has 0 amide bonds. The average Bonchev–Trinajstić information content (AvgIpc) is 3.15. The van der Waals surface area contributed by atoms with Crippen molar-refractivity contribution in [3.63, 3.8) is 0 Å². The number of anilines is 1. The number of esters is 1. The second-order valence-corrected chi connectivity index (χ2v) is 5.59. The number of aromatic amines is 1. The first-order valence-electron chi connectivity index (χ1n) is 7.57. The minimum atomic E-state index is -0.643. The van der Waals surface area contributed by atoms with Crippen LogP contribution in [-0.2, 0) is 4.74 Å². The van der Waals surface area contributed by atoms with Crippen molar-refractivity contribution in [3.8, 4) is 0 Å². The average molecular weight is 331 g/mol. The summed E-state index contributed by atoms with van der Waals surface area (Å²) in [5.74, 6) is 0.00275. The van der Waals surface area contributed by atoms with Gasteiger partial charge in [0.15, 0.2) is 0 Å². The highest BCUT2D eigenvalue weighted by molar-refractivity contribution is 5.90. The molecule has 0 aliphatic carbocycles. The maximum atomic E-state index is 11.5. The smallest absolute Gasteiger partial charge is 0.339 e. The van der Waals surface area contributed by atoms with Crippen LogP contribution in [0.5, 0.6) is 0 Å². The Labute approximate surface area is 137 Å². The molecule has 0 atom stereocenters. The predicted octanol–water partition coefficient (Wildman–Crippen LogP) is 1.88. The number of aromatic nitrogens is 3. The number of rotatable bonds is 4. The first kappa shape index (κ1) is 15.9. The minimum absolute atomic E-state index is 0.0697. The van der Waals surface area contributed by atoms with E-state index in [1.54, 1.807) is 6.20 Å². The van der Waals surface area contributed by atoms with Gasteiger partial charge in [0.2, 0.25) is 5.82 Å². The van der Waals surface area contributed by atoms with E-state index in [1.165, 1.54) is 19.4 Å². The van der Waals surface area contributed by atoms with Gasteiger partial charge in [0.1, 0.15) is 0 Å². The molecule has 126 valence electrons. The molecule has 2 aromatic rings. The maximum Gasteiger partial charge on any atom is 0.339 e. The Morgan fingerprint density at radius 3 is 2.79 bits per heavy atom. The Hall–Kier alpha value is -2.97. The molecule has 0 radical (unpaired) electrons. The zero-order chi connectivity index (χ0) is 17.1. The quantitative estimate of drug-likeness (QED) is 0.517. The Morgan fingerprint density at radius 2 is 2.21 bits per heavy atom. The molecule has 1 N–H and O–H groups in total. The molecule has 24 heavy (non-hydrogen) atoms. The molecule has 0 saturated carbocycles. The summed E-state index contributed by atoms with van der Waals surface area (Å²) in [4.78, 5) is 28.4. The molecule has 0 spiro atoms. The van der Waals surface area contributed by atoms with Gasteiger partial charge in [-0.25, -0.2) is 9.78 Å². The predicted molar refractivity (Wildman–Crippen MR) is 85.0 cm³/mol. The van der Waals surface area contributed by atoms with Crippen molar-refractivity contribution in [2.24, 2.45) is 0 Å². The van der Waals surface area contributed by atoms with Crippen LogP contribution >= 0.6 is 0 Å². The number of carbonyl (C=O) groups is 1. The number of methoxy groups -OCH3 is 1. The third kappa shape index (κ3) is 3.05. The van der Waals surface area contributed by atoms with Gasteiger partial charge in [0, 0.05) is 43.2 Å². The fourth-order valence-corrected chi connectivity index (χ4v) is 2.95. The van der Waals surface area contributed by atoms with Gasteiger partial charge in [-0.1, -0.05) is 0 Å². The van der Waals surface area contributed by atoms with E-state index in [2.05, 4.69) is 19.9 Å². The number of pyridine rings is 1. The van der Waals surface area contributed by atoms with Gasteiger partial charge in [-0.05, 0) is 18.9 Å². The summed E-state index contributed by atoms with van der Waals surface area (Å²) in [5, 5.41) is 18.3.